The van der Waals surface area contributed by atoms with Crippen LogP contribution in [-0.2, 0) is 0 Å². The maximum Gasteiger partial charge on any atom is 0.251 e. The van der Waals surface area contributed by atoms with Crippen LogP contribution in [0, 0.1) is 6.92 Å². The molecule has 3 aromatic carbocycles. The Morgan fingerprint density at radius 1 is 1.00 bits per heavy atom. The van der Waals surface area contributed by atoms with Gasteiger partial charge in [-0.05, 0) is 61.4 Å². The van der Waals surface area contributed by atoms with Crippen molar-refractivity contribution in [2.75, 3.05) is 30.4 Å². The van der Waals surface area contributed by atoms with Gasteiger partial charge in [0.15, 0.2) is 0 Å². The standard InChI is InChI=1S/C27H28N4O2/c1-19-9-11-22(32)18-26(19)30-25-13-15-28-24-12-10-20(17-23(24)25)27(33)29-14-6-16-31(2)21-7-4-3-5-8-21/h3-5,7-13,15,17-18,32H,6,14,16H2,1-2H3,(H,28,30)(H,29,33). The first-order valence-corrected chi connectivity index (χ1v) is 11.0. The van der Waals surface area contributed by atoms with Crippen LogP contribution in [0.5, 0.6) is 5.75 Å². The number of hydrogen-bond donors (Lipinski definition) is 3. The first kappa shape index (κ1) is 22.1. The number of aromatic hydroxyl groups is 1. The first-order chi connectivity index (χ1) is 16.0. The van der Waals surface area contributed by atoms with Crippen molar-refractivity contribution < 1.29 is 9.90 Å². The van der Waals surface area contributed by atoms with E-state index in [1.807, 2.05) is 49.4 Å². The number of hydrogen-bond acceptors (Lipinski definition) is 5. The number of para-hydroxylation sites is 1. The molecule has 0 aliphatic heterocycles. The van der Waals surface area contributed by atoms with Crippen LogP contribution in [0.15, 0.2) is 79.0 Å². The van der Waals surface area contributed by atoms with Gasteiger partial charge >= 0.3 is 0 Å². The van der Waals surface area contributed by atoms with Gasteiger partial charge in [-0.3, -0.25) is 9.78 Å². The number of carbonyl (C=O) groups excluding carboxylic acids is 1. The Bertz CT molecular complexity index is 1260. The molecule has 1 amide bonds. The van der Waals surface area contributed by atoms with E-state index in [9.17, 15) is 9.90 Å². The number of aromatic nitrogens is 1. The molecule has 0 atom stereocenters. The fourth-order valence-electron chi connectivity index (χ4n) is 3.72. The van der Waals surface area contributed by atoms with E-state index in [4.69, 9.17) is 0 Å². The van der Waals surface area contributed by atoms with Gasteiger partial charge in [-0.15, -0.1) is 0 Å². The second-order valence-corrected chi connectivity index (χ2v) is 8.08. The van der Waals surface area contributed by atoms with Crippen molar-refractivity contribution in [2.45, 2.75) is 13.3 Å². The molecule has 0 aliphatic carbocycles. The van der Waals surface area contributed by atoms with E-state index in [0.717, 1.165) is 46.5 Å². The number of benzene rings is 3. The fourth-order valence-corrected chi connectivity index (χ4v) is 3.72. The van der Waals surface area contributed by atoms with E-state index >= 15 is 0 Å². The van der Waals surface area contributed by atoms with Gasteiger partial charge in [-0.25, -0.2) is 0 Å². The van der Waals surface area contributed by atoms with E-state index in [1.165, 1.54) is 0 Å². The summed E-state index contributed by atoms with van der Waals surface area (Å²) in [6.07, 6.45) is 2.57. The molecule has 1 heterocycles. The molecule has 3 N–H and O–H groups in total. The number of carbonyl (C=O) groups is 1. The lowest BCUT2D eigenvalue weighted by molar-refractivity contribution is 0.0953. The van der Waals surface area contributed by atoms with Crippen LogP contribution in [0.4, 0.5) is 17.1 Å². The first-order valence-electron chi connectivity index (χ1n) is 11.0. The van der Waals surface area contributed by atoms with Crippen molar-refractivity contribution in [1.82, 2.24) is 10.3 Å². The monoisotopic (exact) mass is 440 g/mol. The smallest absolute Gasteiger partial charge is 0.251 e. The quantitative estimate of drug-likeness (QED) is 0.326. The summed E-state index contributed by atoms with van der Waals surface area (Å²) in [5.41, 5.74) is 5.18. The lowest BCUT2D eigenvalue weighted by atomic mass is 10.1. The molecular formula is C27H28N4O2. The molecule has 0 fully saturated rings. The number of fused-ring (bicyclic) bond motifs is 1. The zero-order valence-electron chi connectivity index (χ0n) is 18.9. The van der Waals surface area contributed by atoms with Crippen LogP contribution in [0.1, 0.15) is 22.3 Å². The zero-order valence-corrected chi connectivity index (χ0v) is 18.9. The summed E-state index contributed by atoms with van der Waals surface area (Å²) in [6.45, 7) is 3.41. The predicted octanol–water partition coefficient (Wildman–Crippen LogP) is 5.25. The number of rotatable bonds is 8. The van der Waals surface area contributed by atoms with Crippen LogP contribution in [-0.4, -0.2) is 36.1 Å². The number of nitrogens with one attached hydrogen (secondary N) is 2. The Morgan fingerprint density at radius 2 is 1.82 bits per heavy atom. The lowest BCUT2D eigenvalue weighted by Gasteiger charge is -2.19. The van der Waals surface area contributed by atoms with Crippen LogP contribution in [0.25, 0.3) is 10.9 Å². The lowest BCUT2D eigenvalue weighted by Crippen LogP contribution is -2.28. The van der Waals surface area contributed by atoms with Gasteiger partial charge in [0, 0.05) is 60.4 Å². The summed E-state index contributed by atoms with van der Waals surface area (Å²) in [4.78, 5) is 19.4. The van der Waals surface area contributed by atoms with Crippen LogP contribution < -0.4 is 15.5 Å². The van der Waals surface area contributed by atoms with Gasteiger partial charge in [0.05, 0.1) is 5.52 Å². The minimum Gasteiger partial charge on any atom is -0.508 e. The molecule has 0 aliphatic rings. The Morgan fingerprint density at radius 3 is 2.64 bits per heavy atom. The van der Waals surface area contributed by atoms with Gasteiger partial charge in [0.1, 0.15) is 5.75 Å². The summed E-state index contributed by atoms with van der Waals surface area (Å²) in [7, 11) is 2.05. The predicted molar refractivity (Wildman–Crippen MR) is 135 cm³/mol. The van der Waals surface area contributed by atoms with Crippen molar-refractivity contribution in [3.05, 3.63) is 90.1 Å². The summed E-state index contributed by atoms with van der Waals surface area (Å²) in [5.74, 6) is 0.0852. The maximum absolute atomic E-state index is 12.8. The molecule has 0 radical (unpaired) electrons. The molecule has 33 heavy (non-hydrogen) atoms. The van der Waals surface area contributed by atoms with Crippen molar-refractivity contribution in [1.29, 1.82) is 0 Å². The number of phenolic OH excluding ortho intramolecular Hbond substituents is 1. The Balaban J connectivity index is 1.43. The number of phenols is 1. The summed E-state index contributed by atoms with van der Waals surface area (Å²) in [5, 5.41) is 17.1. The van der Waals surface area contributed by atoms with Gasteiger partial charge in [-0.1, -0.05) is 24.3 Å². The minimum atomic E-state index is -0.109. The Kier molecular flexibility index (Phi) is 6.74. The number of nitrogens with zero attached hydrogens (tertiary/aromatic N) is 2. The van der Waals surface area contributed by atoms with Crippen molar-refractivity contribution in [3.8, 4) is 5.75 Å². The normalized spacial score (nSPS) is 10.7. The number of amides is 1. The molecular weight excluding hydrogens is 412 g/mol. The number of anilines is 3. The van der Waals surface area contributed by atoms with E-state index in [0.29, 0.717) is 12.1 Å². The highest BCUT2D eigenvalue weighted by Gasteiger charge is 2.10. The number of pyridine rings is 1. The largest absolute Gasteiger partial charge is 0.508 e. The van der Waals surface area contributed by atoms with E-state index in [2.05, 4.69) is 39.7 Å². The molecule has 0 unspecified atom stereocenters. The van der Waals surface area contributed by atoms with Crippen molar-refractivity contribution >= 4 is 33.9 Å². The summed E-state index contributed by atoms with van der Waals surface area (Å²) in [6, 6.07) is 22.8. The Hall–Kier alpha value is -4.06. The average Bonchev–Trinajstić information content (AvgIpc) is 2.84. The highest BCUT2D eigenvalue weighted by molar-refractivity contribution is 6.01. The van der Waals surface area contributed by atoms with Crippen LogP contribution in [0.3, 0.4) is 0 Å². The van der Waals surface area contributed by atoms with E-state index < -0.39 is 0 Å². The average molecular weight is 441 g/mol. The van der Waals surface area contributed by atoms with Crippen molar-refractivity contribution in [3.63, 3.8) is 0 Å². The van der Waals surface area contributed by atoms with Gasteiger partial charge in [0.25, 0.3) is 5.91 Å². The van der Waals surface area contributed by atoms with Crippen LogP contribution >= 0.6 is 0 Å². The van der Waals surface area contributed by atoms with Crippen molar-refractivity contribution in [2.24, 2.45) is 0 Å². The van der Waals surface area contributed by atoms with E-state index in [-0.39, 0.29) is 11.7 Å². The number of aryl methyl sites for hydroxylation is 1. The summed E-state index contributed by atoms with van der Waals surface area (Å²) < 4.78 is 0. The minimum absolute atomic E-state index is 0.109. The highest BCUT2D eigenvalue weighted by atomic mass is 16.3. The molecule has 6 heteroatoms. The molecule has 0 spiro atoms. The third-order valence-electron chi connectivity index (χ3n) is 5.65. The third kappa shape index (κ3) is 5.41. The molecule has 0 saturated heterocycles. The topological polar surface area (TPSA) is 77.5 Å². The molecule has 4 aromatic rings. The Labute approximate surface area is 193 Å². The van der Waals surface area contributed by atoms with Crippen LogP contribution in [0.2, 0.25) is 0 Å². The fraction of sp³-hybridized carbons (Fsp3) is 0.185. The maximum atomic E-state index is 12.8. The second-order valence-electron chi connectivity index (χ2n) is 8.08. The summed E-state index contributed by atoms with van der Waals surface area (Å²) >= 11 is 0. The molecule has 4 rings (SSSR count). The molecule has 168 valence electrons. The SMILES string of the molecule is Cc1ccc(O)cc1Nc1ccnc2ccc(C(=O)NCCCN(C)c3ccccc3)cc12. The third-order valence-corrected chi connectivity index (χ3v) is 5.65. The van der Waals surface area contributed by atoms with Gasteiger partial charge in [-0.2, -0.15) is 0 Å². The van der Waals surface area contributed by atoms with Gasteiger partial charge < -0.3 is 20.6 Å². The molecule has 6 nitrogen and oxygen atoms in total. The molecule has 0 bridgehead atoms. The second kappa shape index (κ2) is 10.0. The zero-order chi connectivity index (χ0) is 23.2. The highest BCUT2D eigenvalue weighted by Crippen LogP contribution is 2.29. The molecule has 0 saturated carbocycles. The van der Waals surface area contributed by atoms with E-state index in [1.54, 1.807) is 24.4 Å². The van der Waals surface area contributed by atoms with Gasteiger partial charge in [0.2, 0.25) is 0 Å². The molecule has 1 aromatic heterocycles.